The Bertz CT molecular complexity index is 1070. The molecule has 1 amide bonds. The Balaban J connectivity index is 1.70. The third kappa shape index (κ3) is 3.59. The molecule has 0 N–H and O–H groups in total. The van der Waals surface area contributed by atoms with Crippen molar-refractivity contribution in [3.8, 4) is 0 Å². The fourth-order valence-electron chi connectivity index (χ4n) is 3.45. The molecule has 0 saturated carbocycles. The Labute approximate surface area is 168 Å². The van der Waals surface area contributed by atoms with Gasteiger partial charge in [0.15, 0.2) is 0 Å². The number of hydrogen-bond donors (Lipinski definition) is 0. The van der Waals surface area contributed by atoms with Crippen molar-refractivity contribution in [1.82, 2.24) is 4.90 Å². The number of aliphatic imine (C=N–C) groups is 2. The van der Waals surface area contributed by atoms with Crippen molar-refractivity contribution in [2.75, 3.05) is 0 Å². The third-order valence-electron chi connectivity index (χ3n) is 4.83. The molecule has 2 aliphatic heterocycles. The number of fused-ring (bicyclic) bond motifs is 3. The molecule has 7 heteroatoms. The number of carbonyl (C=O) groups excluding carboxylic acids is 1. The van der Waals surface area contributed by atoms with Gasteiger partial charge in [-0.25, -0.2) is 9.89 Å². The average molecular weight is 388 g/mol. The summed E-state index contributed by atoms with van der Waals surface area (Å²) in [6.45, 7) is 4.14. The number of nitrogens with zero attached hydrogens (tertiary/aromatic N) is 4. The number of benzene rings is 2. The van der Waals surface area contributed by atoms with Crippen LogP contribution in [0.3, 0.4) is 0 Å². The van der Waals surface area contributed by atoms with E-state index >= 15 is 0 Å². The second-order valence-corrected chi connectivity index (χ2v) is 7.44. The molecule has 0 spiro atoms. The number of carbonyl (C=O) groups is 1. The molecule has 29 heavy (non-hydrogen) atoms. The summed E-state index contributed by atoms with van der Waals surface area (Å²) >= 11 is 0. The number of para-hydroxylation sites is 1. The van der Waals surface area contributed by atoms with E-state index in [1.54, 1.807) is 29.2 Å². The van der Waals surface area contributed by atoms with Crippen LogP contribution in [0.4, 0.5) is 11.4 Å². The lowest BCUT2D eigenvalue weighted by Gasteiger charge is -2.24. The van der Waals surface area contributed by atoms with Crippen LogP contribution in [0, 0.1) is 16.0 Å². The molecule has 2 heterocycles. The van der Waals surface area contributed by atoms with E-state index in [1.165, 1.54) is 12.1 Å². The summed E-state index contributed by atoms with van der Waals surface area (Å²) in [5.74, 6) is 1.41. The average Bonchev–Trinajstić information content (AvgIpc) is 3.02. The molecule has 0 aliphatic carbocycles. The van der Waals surface area contributed by atoms with Crippen LogP contribution in [0.15, 0.2) is 64.6 Å². The summed E-state index contributed by atoms with van der Waals surface area (Å²) in [4.78, 5) is 34.4. The molecular weight excluding hydrogens is 368 g/mol. The van der Waals surface area contributed by atoms with Crippen molar-refractivity contribution in [2.24, 2.45) is 15.9 Å². The molecular formula is C22H20N4O3. The molecule has 2 aromatic carbocycles. The maximum absolute atomic E-state index is 13.0. The van der Waals surface area contributed by atoms with Crippen LogP contribution in [0.1, 0.15) is 31.4 Å². The van der Waals surface area contributed by atoms with Crippen LogP contribution >= 0.6 is 0 Å². The summed E-state index contributed by atoms with van der Waals surface area (Å²) in [7, 11) is 0. The van der Waals surface area contributed by atoms with E-state index in [9.17, 15) is 14.9 Å². The zero-order valence-corrected chi connectivity index (χ0v) is 16.1. The summed E-state index contributed by atoms with van der Waals surface area (Å²) in [5, 5.41) is 10.8. The molecule has 0 fully saturated rings. The topological polar surface area (TPSA) is 88.2 Å². The summed E-state index contributed by atoms with van der Waals surface area (Å²) in [5.41, 5.74) is 2.43. The number of amides is 1. The van der Waals surface area contributed by atoms with Gasteiger partial charge in [-0.3, -0.25) is 19.9 Å². The molecule has 0 bridgehead atoms. The van der Waals surface area contributed by atoms with Crippen molar-refractivity contribution in [3.05, 3.63) is 75.8 Å². The fraction of sp³-hybridized carbons (Fsp3) is 0.227. The second kappa shape index (κ2) is 7.43. The molecule has 1 atom stereocenters. The van der Waals surface area contributed by atoms with Gasteiger partial charge >= 0.3 is 0 Å². The number of nitro benzene ring substituents is 1. The minimum atomic E-state index is -0.434. The maximum Gasteiger partial charge on any atom is 0.269 e. The first-order chi connectivity index (χ1) is 13.9. The highest BCUT2D eigenvalue weighted by atomic mass is 16.6. The van der Waals surface area contributed by atoms with Gasteiger partial charge in [-0.2, -0.15) is 0 Å². The zero-order valence-electron chi connectivity index (χ0n) is 16.1. The van der Waals surface area contributed by atoms with Gasteiger partial charge < -0.3 is 0 Å². The molecule has 2 aromatic rings. The summed E-state index contributed by atoms with van der Waals surface area (Å²) in [6.07, 6.45) is 4.22. The first-order valence-corrected chi connectivity index (χ1v) is 9.46. The molecule has 4 rings (SSSR count). The monoisotopic (exact) mass is 388 g/mol. The highest BCUT2D eigenvalue weighted by molar-refractivity contribution is 6.30. The molecule has 146 valence electrons. The van der Waals surface area contributed by atoms with E-state index in [4.69, 9.17) is 4.99 Å². The minimum absolute atomic E-state index is 0.0340. The van der Waals surface area contributed by atoms with Gasteiger partial charge in [0.2, 0.25) is 0 Å². The van der Waals surface area contributed by atoms with Gasteiger partial charge in [0.1, 0.15) is 17.7 Å². The molecule has 7 nitrogen and oxygen atoms in total. The number of hydrogen-bond acceptors (Lipinski definition) is 5. The molecule has 0 aromatic heterocycles. The fourth-order valence-corrected chi connectivity index (χ4v) is 3.45. The van der Waals surface area contributed by atoms with E-state index in [0.717, 1.165) is 16.8 Å². The lowest BCUT2D eigenvalue weighted by molar-refractivity contribution is -0.384. The summed E-state index contributed by atoms with van der Waals surface area (Å²) < 4.78 is 0. The Morgan fingerprint density at radius 3 is 2.55 bits per heavy atom. The lowest BCUT2D eigenvalue weighted by atomic mass is 10.0. The maximum atomic E-state index is 13.0. The second-order valence-electron chi connectivity index (χ2n) is 7.44. The molecule has 0 saturated heterocycles. The van der Waals surface area contributed by atoms with Crippen molar-refractivity contribution >= 4 is 35.0 Å². The van der Waals surface area contributed by atoms with Crippen LogP contribution in [-0.2, 0) is 4.79 Å². The quantitative estimate of drug-likeness (QED) is 0.563. The van der Waals surface area contributed by atoms with Gasteiger partial charge in [0.05, 0.1) is 10.6 Å². The minimum Gasteiger partial charge on any atom is -0.272 e. The zero-order chi connectivity index (χ0) is 20.5. The Kier molecular flexibility index (Phi) is 4.80. The predicted molar refractivity (Wildman–Crippen MR) is 112 cm³/mol. The Hall–Kier alpha value is -3.61. The highest BCUT2D eigenvalue weighted by Gasteiger charge is 2.40. The van der Waals surface area contributed by atoms with Gasteiger partial charge in [0.25, 0.3) is 11.6 Å². The highest BCUT2D eigenvalue weighted by Crippen LogP contribution is 2.32. The van der Waals surface area contributed by atoms with E-state index in [0.29, 0.717) is 24.0 Å². The van der Waals surface area contributed by atoms with Crippen LogP contribution in [0.25, 0.3) is 6.08 Å². The van der Waals surface area contributed by atoms with Crippen LogP contribution < -0.4 is 0 Å². The van der Waals surface area contributed by atoms with Crippen LogP contribution in [0.2, 0.25) is 0 Å². The SMILES string of the molecule is CC(C)C[C@@H]1N=C2c3ccccc3N=C(/C=C/c3ccc([N+](=O)[O-])cc3)N2C1=O. The molecule has 0 radical (unpaired) electrons. The number of amidine groups is 2. The third-order valence-corrected chi connectivity index (χ3v) is 4.83. The van der Waals surface area contributed by atoms with E-state index in [1.807, 2.05) is 24.3 Å². The number of rotatable bonds is 5. The first-order valence-electron chi connectivity index (χ1n) is 9.46. The van der Waals surface area contributed by atoms with Gasteiger partial charge in [-0.15, -0.1) is 0 Å². The Morgan fingerprint density at radius 1 is 1.14 bits per heavy atom. The van der Waals surface area contributed by atoms with E-state index in [2.05, 4.69) is 18.8 Å². The summed E-state index contributed by atoms with van der Waals surface area (Å²) in [6, 6.07) is 13.4. The largest absolute Gasteiger partial charge is 0.272 e. The molecule has 0 unspecified atom stereocenters. The predicted octanol–water partition coefficient (Wildman–Crippen LogP) is 4.36. The lowest BCUT2D eigenvalue weighted by Crippen LogP contribution is -2.41. The van der Waals surface area contributed by atoms with Crippen molar-refractivity contribution in [2.45, 2.75) is 26.3 Å². The van der Waals surface area contributed by atoms with Crippen molar-refractivity contribution in [1.29, 1.82) is 0 Å². The smallest absolute Gasteiger partial charge is 0.269 e. The standard InChI is InChI=1S/C22H20N4O3/c1-14(2)13-19-22(27)25-20(12-9-15-7-10-16(11-8-15)26(28)29)23-18-6-4-3-5-17(18)21(25)24-19/h3-12,14,19H,13H2,1-2H3/b12-9+/t19-/m0/s1. The number of non-ortho nitro benzene ring substituents is 1. The van der Waals surface area contributed by atoms with Gasteiger partial charge in [-0.05, 0) is 48.2 Å². The van der Waals surface area contributed by atoms with Gasteiger partial charge in [0, 0.05) is 17.7 Å². The van der Waals surface area contributed by atoms with Crippen LogP contribution in [0.5, 0.6) is 0 Å². The normalized spacial score (nSPS) is 18.0. The van der Waals surface area contributed by atoms with Crippen molar-refractivity contribution in [3.63, 3.8) is 0 Å². The van der Waals surface area contributed by atoms with Crippen LogP contribution in [-0.4, -0.2) is 33.4 Å². The Morgan fingerprint density at radius 2 is 1.86 bits per heavy atom. The van der Waals surface area contributed by atoms with Crippen molar-refractivity contribution < 1.29 is 9.72 Å². The number of nitro groups is 1. The van der Waals surface area contributed by atoms with E-state index < -0.39 is 11.0 Å². The first kappa shape index (κ1) is 18.7. The molecule has 2 aliphatic rings. The van der Waals surface area contributed by atoms with Gasteiger partial charge in [-0.1, -0.05) is 32.1 Å². The van der Waals surface area contributed by atoms with E-state index in [-0.39, 0.29) is 11.6 Å².